The molecule has 0 aromatic rings. The van der Waals surface area contributed by atoms with Gasteiger partial charge in [0.15, 0.2) is 0 Å². The number of aliphatic hydroxyl groups excluding tert-OH is 2. The molecule has 2 saturated carbocycles. The highest BCUT2D eigenvalue weighted by Gasteiger charge is 2.71. The number of hydrogen-bond acceptors (Lipinski definition) is 7. The number of carbonyl (C=O) groups is 2. The molecule has 3 fully saturated rings. The van der Waals surface area contributed by atoms with Gasteiger partial charge in [0.2, 0.25) is 0 Å². The predicted octanol–water partition coefficient (Wildman–Crippen LogP) is 0.865. The van der Waals surface area contributed by atoms with Gasteiger partial charge in [-0.3, -0.25) is 4.79 Å². The Bertz CT molecular complexity index is 698. The number of fused-ring (bicyclic) bond motifs is 3. The highest BCUT2D eigenvalue weighted by atomic mass is 16.6. The molecule has 27 heavy (non-hydrogen) atoms. The predicted molar refractivity (Wildman–Crippen MR) is 95.3 cm³/mol. The van der Waals surface area contributed by atoms with Crippen LogP contribution in [0.25, 0.3) is 0 Å². The van der Waals surface area contributed by atoms with Gasteiger partial charge in [0.05, 0.1) is 23.7 Å². The normalized spacial score (nSPS) is 44.7. The second kappa shape index (κ2) is 6.43. The molecule has 7 nitrogen and oxygen atoms in total. The van der Waals surface area contributed by atoms with Gasteiger partial charge >= 0.3 is 11.9 Å². The molecular weight excluding hydrogens is 352 g/mol. The maximum atomic E-state index is 12.4. The summed E-state index contributed by atoms with van der Waals surface area (Å²) < 4.78 is 11.1. The van der Waals surface area contributed by atoms with Crippen molar-refractivity contribution >= 4 is 11.9 Å². The highest BCUT2D eigenvalue weighted by Crippen LogP contribution is 2.60. The molecule has 0 bridgehead atoms. The van der Waals surface area contributed by atoms with Crippen molar-refractivity contribution in [2.45, 2.75) is 70.1 Å². The van der Waals surface area contributed by atoms with Crippen LogP contribution in [-0.4, -0.2) is 57.3 Å². The van der Waals surface area contributed by atoms with Crippen molar-refractivity contribution in [2.75, 3.05) is 0 Å². The Hall–Kier alpha value is -1.70. The summed E-state index contributed by atoms with van der Waals surface area (Å²) >= 11 is 0. The van der Waals surface area contributed by atoms with Gasteiger partial charge in [0.25, 0.3) is 0 Å². The summed E-state index contributed by atoms with van der Waals surface area (Å²) in [6.07, 6.45) is -2.69. The van der Waals surface area contributed by atoms with Gasteiger partial charge in [-0.1, -0.05) is 27.0 Å². The third-order valence-corrected chi connectivity index (χ3v) is 6.90. The van der Waals surface area contributed by atoms with Crippen LogP contribution in [0, 0.1) is 17.3 Å². The summed E-state index contributed by atoms with van der Waals surface area (Å²) in [4.78, 5) is 24.7. The first-order valence-corrected chi connectivity index (χ1v) is 9.32. The van der Waals surface area contributed by atoms with Crippen molar-refractivity contribution in [3.63, 3.8) is 0 Å². The number of carbonyl (C=O) groups excluding carboxylic acids is 2. The fraction of sp³-hybridized carbons (Fsp3) is 0.700. The summed E-state index contributed by atoms with van der Waals surface area (Å²) in [7, 11) is 0. The monoisotopic (exact) mass is 380 g/mol. The van der Waals surface area contributed by atoms with Gasteiger partial charge in [-0.25, -0.2) is 4.79 Å². The quantitative estimate of drug-likeness (QED) is 0.378. The number of ether oxygens (including phenoxy) is 2. The van der Waals surface area contributed by atoms with Crippen molar-refractivity contribution in [1.29, 1.82) is 0 Å². The molecule has 0 radical (unpaired) electrons. The topological polar surface area (TPSA) is 113 Å². The van der Waals surface area contributed by atoms with Crippen LogP contribution in [0.5, 0.6) is 0 Å². The molecule has 3 aliphatic rings. The molecule has 0 spiro atoms. The minimum Gasteiger partial charge on any atom is -0.458 e. The Morgan fingerprint density at radius 2 is 2.07 bits per heavy atom. The van der Waals surface area contributed by atoms with Crippen LogP contribution in [0.15, 0.2) is 24.3 Å². The van der Waals surface area contributed by atoms with Crippen molar-refractivity contribution in [3.8, 4) is 0 Å². The van der Waals surface area contributed by atoms with E-state index in [2.05, 4.69) is 13.2 Å². The third-order valence-electron chi connectivity index (χ3n) is 6.90. The molecule has 1 heterocycles. The van der Waals surface area contributed by atoms with Crippen LogP contribution < -0.4 is 0 Å². The molecule has 0 aromatic carbocycles. The van der Waals surface area contributed by atoms with Crippen LogP contribution in [0.2, 0.25) is 0 Å². The van der Waals surface area contributed by atoms with E-state index in [1.807, 2.05) is 0 Å². The largest absolute Gasteiger partial charge is 0.458 e. The summed E-state index contributed by atoms with van der Waals surface area (Å²) in [5, 5.41) is 31.9. The molecule has 0 aromatic heterocycles. The maximum absolute atomic E-state index is 12.4. The third kappa shape index (κ3) is 2.67. The van der Waals surface area contributed by atoms with E-state index in [9.17, 15) is 24.9 Å². The molecule has 3 rings (SSSR count). The lowest BCUT2D eigenvalue weighted by atomic mass is 9.50. The van der Waals surface area contributed by atoms with E-state index in [0.717, 1.165) is 0 Å². The Morgan fingerprint density at radius 3 is 2.67 bits per heavy atom. The SMILES string of the molecule is C=C(C(=O)O[C@H]1C[C@@]2(C)[C@H](O)CCC(=C)[C@]2(O)[C@H]2OC(=O)[C@@H](C)[C@H]12)[C@@H](C)O. The van der Waals surface area contributed by atoms with Gasteiger partial charge in [-0.15, -0.1) is 0 Å². The molecule has 7 heteroatoms. The average molecular weight is 380 g/mol. The Morgan fingerprint density at radius 1 is 1.44 bits per heavy atom. The molecule has 1 saturated heterocycles. The molecule has 2 aliphatic carbocycles. The molecule has 3 N–H and O–H groups in total. The van der Waals surface area contributed by atoms with E-state index < -0.39 is 59.2 Å². The summed E-state index contributed by atoms with van der Waals surface area (Å²) in [5.74, 6) is -2.42. The van der Waals surface area contributed by atoms with E-state index >= 15 is 0 Å². The molecule has 0 amide bonds. The van der Waals surface area contributed by atoms with Crippen molar-refractivity contribution in [1.82, 2.24) is 0 Å². The lowest BCUT2D eigenvalue weighted by Gasteiger charge is -2.59. The second-order valence-corrected chi connectivity index (χ2v) is 8.41. The van der Waals surface area contributed by atoms with Gasteiger partial charge in [-0.2, -0.15) is 0 Å². The highest BCUT2D eigenvalue weighted by molar-refractivity contribution is 5.89. The average Bonchev–Trinajstić information content (AvgIpc) is 2.90. The van der Waals surface area contributed by atoms with Gasteiger partial charge in [0, 0.05) is 11.3 Å². The molecular formula is C20H28O7. The first-order chi connectivity index (χ1) is 12.4. The van der Waals surface area contributed by atoms with E-state index in [1.165, 1.54) is 6.92 Å². The summed E-state index contributed by atoms with van der Waals surface area (Å²) in [6.45, 7) is 12.3. The lowest BCUT2D eigenvalue weighted by Crippen LogP contribution is -2.70. The number of esters is 2. The number of aliphatic hydroxyl groups is 3. The first-order valence-electron chi connectivity index (χ1n) is 9.32. The van der Waals surface area contributed by atoms with Crippen LogP contribution in [0.4, 0.5) is 0 Å². The fourth-order valence-corrected chi connectivity index (χ4v) is 4.96. The fourth-order valence-electron chi connectivity index (χ4n) is 4.96. The minimum absolute atomic E-state index is 0.0935. The zero-order valence-electron chi connectivity index (χ0n) is 16.0. The van der Waals surface area contributed by atoms with E-state index in [0.29, 0.717) is 18.4 Å². The van der Waals surface area contributed by atoms with E-state index in [4.69, 9.17) is 9.47 Å². The molecule has 150 valence electrons. The number of hydrogen-bond donors (Lipinski definition) is 3. The summed E-state index contributed by atoms with van der Waals surface area (Å²) in [5.41, 5.74) is -2.26. The lowest BCUT2D eigenvalue weighted by molar-refractivity contribution is -0.241. The Labute approximate surface area is 158 Å². The van der Waals surface area contributed by atoms with Gasteiger partial charge < -0.3 is 24.8 Å². The van der Waals surface area contributed by atoms with Gasteiger partial charge in [0.1, 0.15) is 17.8 Å². The smallest absolute Gasteiger partial charge is 0.336 e. The van der Waals surface area contributed by atoms with E-state index in [1.54, 1.807) is 13.8 Å². The zero-order chi connectivity index (χ0) is 20.3. The van der Waals surface area contributed by atoms with Gasteiger partial charge in [-0.05, 0) is 31.8 Å². The molecule has 1 aliphatic heterocycles. The maximum Gasteiger partial charge on any atom is 0.336 e. The standard InChI is InChI=1S/C20H28O7/c1-9-6-7-14(22)19(5)8-13(26-17(23)10(2)12(4)21)15-11(3)18(24)27-16(15)20(9,19)25/h11-16,21-22,25H,1-2,6-8H2,3-5H3/t11-,12+,13-,14+,15+,16-,19-,20-/m0/s1. The van der Waals surface area contributed by atoms with Crippen LogP contribution in [0.1, 0.15) is 40.0 Å². The molecule has 0 unspecified atom stereocenters. The Balaban J connectivity index is 2.02. The second-order valence-electron chi connectivity index (χ2n) is 8.41. The van der Waals surface area contributed by atoms with Crippen LogP contribution in [-0.2, 0) is 19.1 Å². The first kappa shape index (κ1) is 20.0. The van der Waals surface area contributed by atoms with Crippen LogP contribution in [0.3, 0.4) is 0 Å². The zero-order valence-corrected chi connectivity index (χ0v) is 16.0. The Kier molecular flexibility index (Phi) is 4.77. The van der Waals surface area contributed by atoms with Crippen molar-refractivity contribution in [2.24, 2.45) is 17.3 Å². The van der Waals surface area contributed by atoms with Crippen molar-refractivity contribution in [3.05, 3.63) is 24.3 Å². The van der Waals surface area contributed by atoms with Crippen molar-refractivity contribution < 1.29 is 34.4 Å². The minimum atomic E-state index is -1.60. The molecule has 8 atom stereocenters. The summed E-state index contributed by atoms with van der Waals surface area (Å²) in [6, 6.07) is 0. The van der Waals surface area contributed by atoms with E-state index in [-0.39, 0.29) is 12.0 Å². The van der Waals surface area contributed by atoms with Crippen LogP contribution >= 0.6 is 0 Å². The number of rotatable bonds is 3.